The average molecular weight is 363 g/mol. The predicted octanol–water partition coefficient (Wildman–Crippen LogP) is 2.98. The minimum Gasteiger partial charge on any atom is -0.376 e. The molecular formula is C20H18FN5O. The number of hydrogen-bond acceptors (Lipinski definition) is 5. The Bertz CT molecular complexity index is 1050. The number of nitrogens with one attached hydrogen (secondary N) is 1. The summed E-state index contributed by atoms with van der Waals surface area (Å²) in [6, 6.07) is 11.6. The van der Waals surface area contributed by atoms with Gasteiger partial charge in [-0.1, -0.05) is 18.2 Å². The van der Waals surface area contributed by atoms with Crippen molar-refractivity contribution < 1.29 is 9.18 Å². The number of amides is 1. The van der Waals surface area contributed by atoms with Crippen LogP contribution in [0.1, 0.15) is 22.3 Å². The molecule has 0 saturated carbocycles. The van der Waals surface area contributed by atoms with Gasteiger partial charge in [0.2, 0.25) is 0 Å². The minimum absolute atomic E-state index is 0.313. The van der Waals surface area contributed by atoms with Crippen LogP contribution in [0, 0.1) is 5.82 Å². The fourth-order valence-corrected chi connectivity index (χ4v) is 3.00. The number of hydrogen-bond donors (Lipinski definition) is 2. The molecule has 0 radical (unpaired) electrons. The summed E-state index contributed by atoms with van der Waals surface area (Å²) in [6.07, 6.45) is 4.47. The number of benzene rings is 2. The second-order valence-electron chi connectivity index (χ2n) is 6.36. The molecule has 1 aliphatic heterocycles. The van der Waals surface area contributed by atoms with Gasteiger partial charge < -0.3 is 16.0 Å². The molecule has 6 nitrogen and oxygen atoms in total. The number of halogens is 1. The Hall–Kier alpha value is -3.48. The van der Waals surface area contributed by atoms with Gasteiger partial charge in [-0.15, -0.1) is 0 Å². The second-order valence-corrected chi connectivity index (χ2v) is 6.36. The fraction of sp³-hybridized carbons (Fsp3) is 0.150. The van der Waals surface area contributed by atoms with Gasteiger partial charge in [-0.3, -0.25) is 4.79 Å². The number of primary amides is 1. The molecule has 136 valence electrons. The van der Waals surface area contributed by atoms with E-state index in [1.807, 2.05) is 18.3 Å². The Balaban J connectivity index is 1.78. The quantitative estimate of drug-likeness (QED) is 0.728. The Kier molecular flexibility index (Phi) is 4.42. The molecule has 2 aromatic carbocycles. The summed E-state index contributed by atoms with van der Waals surface area (Å²) in [6.45, 7) is 1.91. The first-order valence-corrected chi connectivity index (χ1v) is 8.64. The topological polar surface area (TPSA) is 84.1 Å². The normalized spacial score (nSPS) is 14.1. The third-order valence-corrected chi connectivity index (χ3v) is 4.52. The first-order valence-electron chi connectivity index (χ1n) is 8.64. The number of carbonyl (C=O) groups is 1. The highest BCUT2D eigenvalue weighted by Crippen LogP contribution is 2.26. The van der Waals surface area contributed by atoms with Crippen molar-refractivity contribution in [3.63, 3.8) is 0 Å². The van der Waals surface area contributed by atoms with Crippen molar-refractivity contribution in [3.8, 4) is 0 Å². The van der Waals surface area contributed by atoms with E-state index in [9.17, 15) is 9.18 Å². The first kappa shape index (κ1) is 17.0. The summed E-state index contributed by atoms with van der Waals surface area (Å²) >= 11 is 0. The van der Waals surface area contributed by atoms with Crippen LogP contribution in [0.15, 0.2) is 55.0 Å². The standard InChI is InChI=1S/C20H18FN5O/c21-14-5-1-4-13(10-14)17(11-26-8-3-9-26)25-20-16-7-2-6-15(19(22)27)18(16)23-12-24-20/h1-2,4-7,10-12H,3,8-9H2,(H2,22,27)(H,23,24,25)/b17-11+. The van der Waals surface area contributed by atoms with Crippen molar-refractivity contribution >= 4 is 28.3 Å². The molecule has 0 spiro atoms. The van der Waals surface area contributed by atoms with Crippen molar-refractivity contribution in [1.82, 2.24) is 14.9 Å². The second kappa shape index (κ2) is 7.03. The first-order chi connectivity index (χ1) is 13.1. The van der Waals surface area contributed by atoms with Gasteiger partial charge >= 0.3 is 0 Å². The molecule has 3 aromatic rings. The Morgan fingerprint density at radius 1 is 1.19 bits per heavy atom. The fourth-order valence-electron chi connectivity index (χ4n) is 3.00. The summed E-state index contributed by atoms with van der Waals surface area (Å²) < 4.78 is 13.7. The zero-order chi connectivity index (χ0) is 18.8. The Labute approximate surface area is 155 Å². The number of aromatic nitrogens is 2. The van der Waals surface area contributed by atoms with Crippen LogP contribution in [0.2, 0.25) is 0 Å². The molecule has 0 aliphatic carbocycles. The molecule has 1 aliphatic rings. The van der Waals surface area contributed by atoms with Crippen LogP contribution in [-0.2, 0) is 0 Å². The van der Waals surface area contributed by atoms with Gasteiger partial charge in [0.05, 0.1) is 16.8 Å². The number of rotatable bonds is 5. The highest BCUT2D eigenvalue weighted by atomic mass is 19.1. The SMILES string of the molecule is NC(=O)c1cccc2c(N/C(=C/N3CCC3)c3cccc(F)c3)ncnc12. The smallest absolute Gasteiger partial charge is 0.250 e. The van der Waals surface area contributed by atoms with E-state index in [4.69, 9.17) is 5.73 Å². The van der Waals surface area contributed by atoms with Crippen LogP contribution in [0.3, 0.4) is 0 Å². The van der Waals surface area contributed by atoms with Crippen molar-refractivity contribution in [3.05, 3.63) is 71.9 Å². The zero-order valence-corrected chi connectivity index (χ0v) is 14.5. The molecule has 1 aromatic heterocycles. The van der Waals surface area contributed by atoms with Gasteiger partial charge in [0.25, 0.3) is 5.91 Å². The number of carbonyl (C=O) groups excluding carboxylic acids is 1. The van der Waals surface area contributed by atoms with Crippen LogP contribution in [0.5, 0.6) is 0 Å². The lowest BCUT2D eigenvalue weighted by Crippen LogP contribution is -2.32. The van der Waals surface area contributed by atoms with E-state index >= 15 is 0 Å². The van der Waals surface area contributed by atoms with E-state index in [-0.39, 0.29) is 5.82 Å². The number of likely N-dealkylation sites (tertiary alicyclic amines) is 1. The van der Waals surface area contributed by atoms with Crippen LogP contribution < -0.4 is 11.1 Å². The largest absolute Gasteiger partial charge is 0.376 e. The summed E-state index contributed by atoms with van der Waals surface area (Å²) in [4.78, 5) is 22.3. The molecule has 7 heteroatoms. The molecule has 3 N–H and O–H groups in total. The molecule has 2 heterocycles. The molecule has 27 heavy (non-hydrogen) atoms. The molecule has 0 bridgehead atoms. The van der Waals surface area contributed by atoms with Crippen molar-refractivity contribution in [1.29, 1.82) is 0 Å². The minimum atomic E-state index is -0.549. The predicted molar refractivity (Wildman–Crippen MR) is 102 cm³/mol. The average Bonchev–Trinajstić information content (AvgIpc) is 2.63. The van der Waals surface area contributed by atoms with Gasteiger partial charge in [0.1, 0.15) is 18.0 Å². The Morgan fingerprint density at radius 2 is 2.00 bits per heavy atom. The number of nitrogens with zero attached hydrogens (tertiary/aromatic N) is 3. The van der Waals surface area contributed by atoms with Crippen molar-refractivity contribution in [2.45, 2.75) is 6.42 Å². The van der Waals surface area contributed by atoms with Crippen molar-refractivity contribution in [2.75, 3.05) is 18.4 Å². The van der Waals surface area contributed by atoms with Gasteiger partial charge in [0, 0.05) is 30.2 Å². The highest BCUT2D eigenvalue weighted by molar-refractivity contribution is 6.07. The lowest BCUT2D eigenvalue weighted by atomic mass is 10.1. The lowest BCUT2D eigenvalue weighted by molar-refractivity contribution is 0.100. The molecule has 1 saturated heterocycles. The van der Waals surface area contributed by atoms with Crippen molar-refractivity contribution in [2.24, 2.45) is 5.73 Å². The van der Waals surface area contributed by atoms with E-state index in [0.29, 0.717) is 27.8 Å². The van der Waals surface area contributed by atoms with Gasteiger partial charge in [0.15, 0.2) is 0 Å². The van der Waals surface area contributed by atoms with Crippen LogP contribution in [-0.4, -0.2) is 33.9 Å². The molecule has 1 amide bonds. The van der Waals surface area contributed by atoms with Crippen LogP contribution in [0.4, 0.5) is 10.2 Å². The van der Waals surface area contributed by atoms with E-state index in [1.165, 1.54) is 18.5 Å². The molecule has 1 fully saturated rings. The number of anilines is 1. The maximum Gasteiger partial charge on any atom is 0.250 e. The van der Waals surface area contributed by atoms with Crippen LogP contribution >= 0.6 is 0 Å². The third kappa shape index (κ3) is 3.44. The van der Waals surface area contributed by atoms with Gasteiger partial charge in [-0.2, -0.15) is 0 Å². The third-order valence-electron chi connectivity index (χ3n) is 4.52. The molecule has 0 atom stereocenters. The molecule has 4 rings (SSSR count). The summed E-state index contributed by atoms with van der Waals surface area (Å²) in [5.74, 6) is -0.335. The van der Waals surface area contributed by atoms with Gasteiger partial charge in [-0.05, 0) is 30.7 Å². The molecule has 0 unspecified atom stereocenters. The lowest BCUT2D eigenvalue weighted by Gasteiger charge is -2.30. The Morgan fingerprint density at radius 3 is 2.70 bits per heavy atom. The van der Waals surface area contributed by atoms with E-state index in [1.54, 1.807) is 18.2 Å². The van der Waals surface area contributed by atoms with E-state index in [0.717, 1.165) is 25.2 Å². The monoisotopic (exact) mass is 363 g/mol. The number of para-hydroxylation sites is 1. The van der Waals surface area contributed by atoms with E-state index < -0.39 is 5.91 Å². The summed E-state index contributed by atoms with van der Waals surface area (Å²) in [5.41, 5.74) is 7.69. The maximum atomic E-state index is 13.7. The van der Waals surface area contributed by atoms with Gasteiger partial charge in [-0.25, -0.2) is 14.4 Å². The maximum absolute atomic E-state index is 13.7. The summed E-state index contributed by atoms with van der Waals surface area (Å²) in [5, 5.41) is 3.95. The number of nitrogens with two attached hydrogens (primary N) is 1. The number of fused-ring (bicyclic) bond motifs is 1. The van der Waals surface area contributed by atoms with Crippen LogP contribution in [0.25, 0.3) is 16.6 Å². The molecular weight excluding hydrogens is 345 g/mol. The summed E-state index contributed by atoms with van der Waals surface area (Å²) in [7, 11) is 0. The highest BCUT2D eigenvalue weighted by Gasteiger charge is 2.15. The zero-order valence-electron chi connectivity index (χ0n) is 14.5. The van der Waals surface area contributed by atoms with E-state index in [2.05, 4.69) is 20.2 Å².